The number of likely N-dealkylation sites (tertiary alicyclic amines) is 1. The van der Waals surface area contributed by atoms with E-state index in [0.29, 0.717) is 22.7 Å². The van der Waals surface area contributed by atoms with Crippen molar-refractivity contribution in [3.05, 3.63) is 58.7 Å². The number of piperidine rings is 1. The van der Waals surface area contributed by atoms with Crippen molar-refractivity contribution >= 4 is 62.1 Å². The summed E-state index contributed by atoms with van der Waals surface area (Å²) in [5, 5.41) is 22.7. The molecule has 2 aromatic rings. The molecule has 4 rings (SSSR count). The van der Waals surface area contributed by atoms with E-state index in [0.717, 1.165) is 62.2 Å². The molecule has 1 saturated carbocycles. The third kappa shape index (κ3) is 6.56. The Kier molecular flexibility index (Phi) is 8.73. The molecule has 1 heterocycles. The van der Waals surface area contributed by atoms with Gasteiger partial charge in [-0.3, -0.25) is 9.69 Å². The van der Waals surface area contributed by atoms with E-state index >= 15 is 0 Å². The number of nitrogens with zero attached hydrogens (tertiary/aromatic N) is 2. The van der Waals surface area contributed by atoms with Gasteiger partial charge in [-0.1, -0.05) is 56.6 Å². The first-order valence-electron chi connectivity index (χ1n) is 11.7. The summed E-state index contributed by atoms with van der Waals surface area (Å²) >= 11 is -0.705. The van der Waals surface area contributed by atoms with E-state index in [-0.39, 0.29) is 49.5 Å². The lowest BCUT2D eigenvalue weighted by Gasteiger charge is -2.35. The van der Waals surface area contributed by atoms with Gasteiger partial charge in [-0.2, -0.15) is 5.26 Å². The Morgan fingerprint density at radius 2 is 2.09 bits per heavy atom. The standard InChI is InChI=1S/C27H31I2N3O3/c1-18-13-19(15-30)6-9-23(18)25(33)31-22-8-7-20(24(14-22)35-26(28-2)29-3)16-32-12-4-5-21(17-32)27(34)10-11-27/h6-9,13-14,21,26,34H,2-5,10-12,16-17H2,1H3,(H,31,33)/t21-/m0/s1. The Bertz CT molecular complexity index is 1160. The first kappa shape index (κ1) is 26.4. The fourth-order valence-corrected chi connectivity index (χ4v) is 7.40. The lowest BCUT2D eigenvalue weighted by Crippen LogP contribution is -2.40. The maximum Gasteiger partial charge on any atom is 0.255 e. The van der Waals surface area contributed by atoms with Gasteiger partial charge in [0.05, 0.1) is 17.2 Å². The van der Waals surface area contributed by atoms with Gasteiger partial charge in [-0.05, 0) is 69.0 Å². The number of nitriles is 1. The summed E-state index contributed by atoms with van der Waals surface area (Å²) in [6, 6.07) is 13.0. The molecule has 0 unspecified atom stereocenters. The number of hydrogen-bond donors (Lipinski definition) is 2. The van der Waals surface area contributed by atoms with Gasteiger partial charge in [0.2, 0.25) is 0 Å². The van der Waals surface area contributed by atoms with Crippen molar-refractivity contribution < 1.29 is 14.6 Å². The molecule has 0 aromatic heterocycles. The number of anilines is 1. The summed E-state index contributed by atoms with van der Waals surface area (Å²) in [7, 11) is 0. The van der Waals surface area contributed by atoms with E-state index in [1.54, 1.807) is 18.2 Å². The number of alkyl halides is 2. The van der Waals surface area contributed by atoms with E-state index in [4.69, 9.17) is 10.00 Å². The topological polar surface area (TPSA) is 85.6 Å². The molecular weight excluding hydrogens is 668 g/mol. The van der Waals surface area contributed by atoms with E-state index in [2.05, 4.69) is 25.3 Å². The fourth-order valence-electron chi connectivity index (χ4n) is 4.67. The summed E-state index contributed by atoms with van der Waals surface area (Å²) in [5.74, 6) is 0.912. The van der Waals surface area contributed by atoms with Crippen LogP contribution in [0.2, 0.25) is 0 Å². The summed E-state index contributed by atoms with van der Waals surface area (Å²) in [6.45, 7) is 4.50. The van der Waals surface area contributed by atoms with E-state index in [1.165, 1.54) is 0 Å². The highest BCUT2D eigenvalue weighted by Gasteiger charge is 2.48. The van der Waals surface area contributed by atoms with Crippen molar-refractivity contribution in [1.82, 2.24) is 4.90 Å². The molecular formula is C27H31I2N3O3. The van der Waals surface area contributed by atoms with Gasteiger partial charge in [0.1, 0.15) is 5.75 Å². The lowest BCUT2D eigenvalue weighted by atomic mass is 9.90. The van der Waals surface area contributed by atoms with E-state index in [1.807, 2.05) is 25.1 Å². The number of aryl methyl sites for hydroxylation is 1. The van der Waals surface area contributed by atoms with Crippen molar-refractivity contribution in [2.24, 2.45) is 5.92 Å². The highest BCUT2D eigenvalue weighted by atomic mass is 127. The average Bonchev–Trinajstić information content (AvgIpc) is 3.62. The quantitative estimate of drug-likeness (QED) is 0.274. The highest BCUT2D eigenvalue weighted by molar-refractivity contribution is 14.3. The van der Waals surface area contributed by atoms with Crippen LogP contribution in [0, 0.1) is 24.2 Å². The number of aliphatic hydroxyl groups is 1. The maximum atomic E-state index is 12.9. The van der Waals surface area contributed by atoms with Crippen LogP contribution in [0.1, 0.15) is 52.7 Å². The smallest absolute Gasteiger partial charge is 0.255 e. The number of benzene rings is 2. The van der Waals surface area contributed by atoms with Crippen LogP contribution in [0.3, 0.4) is 0 Å². The minimum absolute atomic E-state index is 0.111. The Hall–Kier alpha value is -1.68. The van der Waals surface area contributed by atoms with Crippen molar-refractivity contribution in [1.29, 1.82) is 5.26 Å². The SMILES string of the molecule is C=IC(Oc1cc(NC(=O)c2ccc(C#N)cc2C)ccc1CN1CCC[C@H](C2(O)CC2)C1)I=C. The van der Waals surface area contributed by atoms with Gasteiger partial charge in [0, 0.05) is 41.9 Å². The largest absolute Gasteiger partial charge is 0.471 e. The minimum Gasteiger partial charge on any atom is -0.471 e. The first-order chi connectivity index (χ1) is 16.8. The zero-order chi connectivity index (χ0) is 25.0. The summed E-state index contributed by atoms with van der Waals surface area (Å²) in [6.07, 6.45) is 4.04. The number of rotatable bonds is 9. The van der Waals surface area contributed by atoms with Crippen LogP contribution in [0.4, 0.5) is 5.69 Å². The predicted molar refractivity (Wildman–Crippen MR) is 159 cm³/mol. The van der Waals surface area contributed by atoms with Crippen molar-refractivity contribution in [3.63, 3.8) is 0 Å². The molecule has 1 saturated heterocycles. The van der Waals surface area contributed by atoms with Crippen LogP contribution in [-0.4, -0.2) is 45.8 Å². The Labute approximate surface area is 227 Å². The fraction of sp³-hybridized carbons (Fsp3) is 0.407. The maximum absolute atomic E-state index is 12.9. The molecule has 2 fully saturated rings. The third-order valence-corrected chi connectivity index (χ3v) is 13.2. The number of nitrogens with one attached hydrogen (secondary N) is 1. The van der Waals surface area contributed by atoms with Gasteiger partial charge in [0.15, 0.2) is 2.12 Å². The molecule has 0 spiro atoms. The second-order valence-corrected chi connectivity index (χ2v) is 15.7. The van der Waals surface area contributed by atoms with Gasteiger partial charge in [0.25, 0.3) is 5.91 Å². The van der Waals surface area contributed by atoms with E-state index in [9.17, 15) is 9.90 Å². The van der Waals surface area contributed by atoms with Gasteiger partial charge >= 0.3 is 0 Å². The second kappa shape index (κ2) is 11.6. The van der Waals surface area contributed by atoms with Crippen LogP contribution in [-0.2, 0) is 6.54 Å². The van der Waals surface area contributed by atoms with Crippen LogP contribution < -0.4 is 10.1 Å². The van der Waals surface area contributed by atoms with Gasteiger partial charge in [-0.15, -0.1) is 0 Å². The number of hydrogen-bond acceptors (Lipinski definition) is 5. The summed E-state index contributed by atoms with van der Waals surface area (Å²) in [5.41, 5.74) is 3.14. The zero-order valence-electron chi connectivity index (χ0n) is 19.9. The normalized spacial score (nSPS) is 19.2. The molecule has 1 aliphatic heterocycles. The van der Waals surface area contributed by atoms with Crippen molar-refractivity contribution in [3.8, 4) is 11.8 Å². The Balaban J connectivity index is 1.53. The number of halogens is 2. The molecule has 2 N–H and O–H groups in total. The van der Waals surface area contributed by atoms with E-state index < -0.39 is 5.60 Å². The number of carbonyl (C=O) groups is 1. The molecule has 0 bridgehead atoms. The monoisotopic (exact) mass is 699 g/mol. The summed E-state index contributed by atoms with van der Waals surface area (Å²) < 4.78 is 14.7. The molecule has 8 heteroatoms. The van der Waals surface area contributed by atoms with Crippen LogP contribution >= 0.6 is 41.5 Å². The van der Waals surface area contributed by atoms with Crippen molar-refractivity contribution in [2.45, 2.75) is 46.9 Å². The van der Waals surface area contributed by atoms with Gasteiger partial charge in [-0.25, -0.2) is 0 Å². The second-order valence-electron chi connectivity index (χ2n) is 9.28. The molecule has 2 aliphatic rings. The average molecular weight is 699 g/mol. The molecule has 1 amide bonds. The number of carbonyl (C=O) groups excluding carboxylic acids is 1. The molecule has 2 aromatic carbocycles. The molecule has 0 radical (unpaired) electrons. The highest BCUT2D eigenvalue weighted by Crippen LogP contribution is 2.46. The molecule has 6 nitrogen and oxygen atoms in total. The van der Waals surface area contributed by atoms with Crippen LogP contribution in [0.25, 0.3) is 0 Å². The molecule has 35 heavy (non-hydrogen) atoms. The lowest BCUT2D eigenvalue weighted by molar-refractivity contribution is 0.0290. The first-order valence-corrected chi connectivity index (χ1v) is 17.2. The summed E-state index contributed by atoms with van der Waals surface area (Å²) in [4.78, 5) is 15.4. The number of amides is 1. The third-order valence-electron chi connectivity index (χ3n) is 6.81. The molecule has 1 aliphatic carbocycles. The van der Waals surface area contributed by atoms with Crippen LogP contribution in [0.15, 0.2) is 36.4 Å². The predicted octanol–water partition coefficient (Wildman–Crippen LogP) is 5.32. The minimum atomic E-state index is -0.447. The Morgan fingerprint density at radius 1 is 1.31 bits per heavy atom. The van der Waals surface area contributed by atoms with Crippen molar-refractivity contribution in [2.75, 3.05) is 18.4 Å². The van der Waals surface area contributed by atoms with Crippen LogP contribution in [0.5, 0.6) is 5.75 Å². The van der Waals surface area contributed by atoms with Gasteiger partial charge < -0.3 is 15.2 Å². The molecule has 1 atom stereocenters. The zero-order valence-corrected chi connectivity index (χ0v) is 24.2. The molecule has 186 valence electrons. The number of ether oxygens (including phenoxy) is 1. The Morgan fingerprint density at radius 3 is 2.74 bits per heavy atom.